The van der Waals surface area contributed by atoms with Gasteiger partial charge in [-0.05, 0) is 39.7 Å². The SMILES string of the molecule is CC.CC(C)OCC1(CN2CCC(C(F)(F)F)C2)CC1. The molecule has 1 saturated heterocycles. The van der Waals surface area contributed by atoms with E-state index in [9.17, 15) is 13.2 Å². The van der Waals surface area contributed by atoms with Crippen LogP contribution in [-0.2, 0) is 4.74 Å². The van der Waals surface area contributed by atoms with Gasteiger partial charge >= 0.3 is 6.18 Å². The molecule has 1 heterocycles. The van der Waals surface area contributed by atoms with E-state index in [-0.39, 0.29) is 24.5 Å². The molecule has 1 atom stereocenters. The maximum absolute atomic E-state index is 12.6. The van der Waals surface area contributed by atoms with Crippen LogP contribution in [0, 0.1) is 11.3 Å². The predicted molar refractivity (Wildman–Crippen MR) is 74.7 cm³/mol. The first-order chi connectivity index (χ1) is 9.31. The molecule has 120 valence electrons. The van der Waals surface area contributed by atoms with Crippen molar-refractivity contribution in [1.29, 1.82) is 0 Å². The molecule has 2 fully saturated rings. The van der Waals surface area contributed by atoms with Crippen LogP contribution in [0.15, 0.2) is 0 Å². The van der Waals surface area contributed by atoms with Gasteiger partial charge in [0.2, 0.25) is 0 Å². The molecule has 1 unspecified atom stereocenters. The number of halogens is 3. The standard InChI is InChI=1S/C13H22F3NO.C2H6/c1-10(2)18-9-12(4-5-12)8-17-6-3-11(7-17)13(14,15)16;1-2/h10-11H,3-9H2,1-2H3;1-2H3. The quantitative estimate of drug-likeness (QED) is 0.757. The molecule has 2 aliphatic rings. The smallest absolute Gasteiger partial charge is 0.378 e. The highest BCUT2D eigenvalue weighted by Crippen LogP contribution is 2.47. The Bertz CT molecular complexity index is 287. The topological polar surface area (TPSA) is 12.5 Å². The average Bonchev–Trinajstić information content (AvgIpc) is 2.95. The number of likely N-dealkylation sites (tertiary alicyclic amines) is 1. The number of ether oxygens (including phenoxy) is 1. The van der Waals surface area contributed by atoms with E-state index in [0.717, 1.165) is 19.4 Å². The molecule has 20 heavy (non-hydrogen) atoms. The summed E-state index contributed by atoms with van der Waals surface area (Å²) < 4.78 is 43.4. The molecule has 1 aliphatic heterocycles. The van der Waals surface area contributed by atoms with Crippen molar-refractivity contribution in [2.24, 2.45) is 11.3 Å². The van der Waals surface area contributed by atoms with E-state index in [1.54, 1.807) is 0 Å². The van der Waals surface area contributed by atoms with E-state index in [1.807, 2.05) is 32.6 Å². The normalized spacial score (nSPS) is 25.5. The first kappa shape index (κ1) is 17.8. The zero-order chi connectivity index (χ0) is 15.4. The lowest BCUT2D eigenvalue weighted by Crippen LogP contribution is -2.33. The van der Waals surface area contributed by atoms with E-state index >= 15 is 0 Å². The van der Waals surface area contributed by atoms with Crippen molar-refractivity contribution in [1.82, 2.24) is 4.90 Å². The third-order valence-corrected chi connectivity index (χ3v) is 3.97. The highest BCUT2D eigenvalue weighted by atomic mass is 19.4. The van der Waals surface area contributed by atoms with Crippen molar-refractivity contribution < 1.29 is 17.9 Å². The van der Waals surface area contributed by atoms with Crippen LogP contribution in [-0.4, -0.2) is 43.4 Å². The van der Waals surface area contributed by atoms with Crippen LogP contribution in [0.3, 0.4) is 0 Å². The summed E-state index contributed by atoms with van der Waals surface area (Å²) >= 11 is 0. The van der Waals surface area contributed by atoms with Crippen LogP contribution in [0.2, 0.25) is 0 Å². The van der Waals surface area contributed by atoms with Gasteiger partial charge in [0.25, 0.3) is 0 Å². The van der Waals surface area contributed by atoms with E-state index in [4.69, 9.17) is 4.74 Å². The molecular weight excluding hydrogens is 267 g/mol. The van der Waals surface area contributed by atoms with Crippen LogP contribution in [0.4, 0.5) is 13.2 Å². The van der Waals surface area contributed by atoms with Gasteiger partial charge in [0.1, 0.15) is 0 Å². The molecular formula is C15H28F3NO. The summed E-state index contributed by atoms with van der Waals surface area (Å²) in [4.78, 5) is 1.97. The summed E-state index contributed by atoms with van der Waals surface area (Å²) in [6.45, 7) is 10.2. The molecule has 5 heteroatoms. The molecule has 2 rings (SSSR count). The van der Waals surface area contributed by atoms with Crippen LogP contribution in [0.5, 0.6) is 0 Å². The van der Waals surface area contributed by atoms with E-state index in [2.05, 4.69) is 0 Å². The Hall–Kier alpha value is -0.290. The Balaban J connectivity index is 0.000000956. The summed E-state index contributed by atoms with van der Waals surface area (Å²) in [5.74, 6) is -1.13. The number of nitrogens with zero attached hydrogens (tertiary/aromatic N) is 1. The minimum Gasteiger partial charge on any atom is -0.378 e. The fourth-order valence-electron chi connectivity index (χ4n) is 2.59. The van der Waals surface area contributed by atoms with Gasteiger partial charge in [0, 0.05) is 18.5 Å². The van der Waals surface area contributed by atoms with Gasteiger partial charge in [-0.2, -0.15) is 13.2 Å². The van der Waals surface area contributed by atoms with Gasteiger partial charge < -0.3 is 9.64 Å². The molecule has 0 amide bonds. The van der Waals surface area contributed by atoms with Crippen molar-refractivity contribution in [3.05, 3.63) is 0 Å². The molecule has 0 aromatic rings. The molecule has 0 spiro atoms. The van der Waals surface area contributed by atoms with E-state index in [1.165, 1.54) is 0 Å². The summed E-state index contributed by atoms with van der Waals surface area (Å²) in [6, 6.07) is 0. The third kappa shape index (κ3) is 5.24. The molecule has 2 nitrogen and oxygen atoms in total. The third-order valence-electron chi connectivity index (χ3n) is 3.97. The average molecular weight is 295 g/mol. The van der Waals surface area contributed by atoms with Gasteiger partial charge in [-0.1, -0.05) is 13.8 Å². The Morgan fingerprint density at radius 3 is 2.25 bits per heavy atom. The van der Waals surface area contributed by atoms with Gasteiger partial charge in [-0.15, -0.1) is 0 Å². The van der Waals surface area contributed by atoms with Crippen LogP contribution >= 0.6 is 0 Å². The summed E-state index contributed by atoms with van der Waals surface area (Å²) in [7, 11) is 0. The van der Waals surface area contributed by atoms with Crippen LogP contribution in [0.1, 0.15) is 47.0 Å². The van der Waals surface area contributed by atoms with Crippen LogP contribution < -0.4 is 0 Å². The first-order valence-electron chi connectivity index (χ1n) is 7.71. The Morgan fingerprint density at radius 1 is 1.25 bits per heavy atom. The summed E-state index contributed by atoms with van der Waals surface area (Å²) in [5.41, 5.74) is 0.144. The second kappa shape index (κ2) is 7.12. The highest BCUT2D eigenvalue weighted by Gasteiger charge is 2.48. The van der Waals surface area contributed by atoms with Crippen molar-refractivity contribution >= 4 is 0 Å². The monoisotopic (exact) mass is 295 g/mol. The number of hydrogen-bond donors (Lipinski definition) is 0. The molecule has 0 aromatic carbocycles. The van der Waals surface area contributed by atoms with Gasteiger partial charge in [0.15, 0.2) is 0 Å². The highest BCUT2D eigenvalue weighted by molar-refractivity contribution is 4.97. The first-order valence-corrected chi connectivity index (χ1v) is 7.71. The maximum atomic E-state index is 12.6. The fraction of sp³-hybridized carbons (Fsp3) is 1.00. The second-order valence-electron chi connectivity index (χ2n) is 6.12. The zero-order valence-corrected chi connectivity index (χ0v) is 13.1. The number of hydrogen-bond acceptors (Lipinski definition) is 2. The molecule has 0 bridgehead atoms. The van der Waals surface area contributed by atoms with Gasteiger partial charge in [-0.3, -0.25) is 0 Å². The predicted octanol–water partition coefficient (Wildman–Crippen LogP) is 4.10. The Morgan fingerprint density at radius 2 is 1.85 bits per heavy atom. The lowest BCUT2D eigenvalue weighted by atomic mass is 10.1. The minimum atomic E-state index is -4.03. The van der Waals surface area contributed by atoms with E-state index in [0.29, 0.717) is 13.2 Å². The molecule has 1 saturated carbocycles. The summed E-state index contributed by atoms with van der Waals surface area (Å²) in [5, 5.41) is 0. The maximum Gasteiger partial charge on any atom is 0.393 e. The molecule has 0 aromatic heterocycles. The number of rotatable bonds is 5. The van der Waals surface area contributed by atoms with Crippen molar-refractivity contribution in [3.8, 4) is 0 Å². The van der Waals surface area contributed by atoms with Crippen molar-refractivity contribution in [2.75, 3.05) is 26.2 Å². The van der Waals surface area contributed by atoms with Crippen molar-refractivity contribution in [2.45, 2.75) is 59.2 Å². The van der Waals surface area contributed by atoms with Crippen LogP contribution in [0.25, 0.3) is 0 Å². The molecule has 1 aliphatic carbocycles. The fourth-order valence-corrected chi connectivity index (χ4v) is 2.59. The lowest BCUT2D eigenvalue weighted by Gasteiger charge is -2.24. The second-order valence-corrected chi connectivity index (χ2v) is 6.12. The number of alkyl halides is 3. The van der Waals surface area contributed by atoms with Gasteiger partial charge in [-0.25, -0.2) is 0 Å². The minimum absolute atomic E-state index is 0.144. The Kier molecular flexibility index (Phi) is 6.32. The zero-order valence-electron chi connectivity index (χ0n) is 13.1. The lowest BCUT2D eigenvalue weighted by molar-refractivity contribution is -0.170. The Labute approximate surface area is 120 Å². The van der Waals surface area contributed by atoms with Crippen molar-refractivity contribution in [3.63, 3.8) is 0 Å². The van der Waals surface area contributed by atoms with Gasteiger partial charge in [0.05, 0.1) is 18.6 Å². The summed E-state index contributed by atoms with van der Waals surface area (Å²) in [6.07, 6.45) is -1.39. The molecule has 0 radical (unpaired) electrons. The molecule has 0 N–H and O–H groups in total. The van der Waals surface area contributed by atoms with E-state index < -0.39 is 12.1 Å². The largest absolute Gasteiger partial charge is 0.393 e.